The van der Waals surface area contributed by atoms with Crippen LogP contribution in [-0.4, -0.2) is 12.0 Å². The molecule has 1 heterocycles. The van der Waals surface area contributed by atoms with E-state index < -0.39 is 0 Å². The molecular formula is C6H6ClNO. The summed E-state index contributed by atoms with van der Waals surface area (Å²) in [6, 6.07) is 0. The predicted octanol–water partition coefficient (Wildman–Crippen LogP) is 1.50. The van der Waals surface area contributed by atoms with Crippen LogP contribution < -0.4 is 0 Å². The molecule has 1 rings (SSSR count). The summed E-state index contributed by atoms with van der Waals surface area (Å²) in [6.07, 6.45) is 1.68. The van der Waals surface area contributed by atoms with Crippen molar-refractivity contribution in [2.75, 3.05) is 0 Å². The fourth-order valence-electron chi connectivity index (χ4n) is 0.619. The normalized spacial score (nSPS) is 19.1. The van der Waals surface area contributed by atoms with Crippen LogP contribution in [0.5, 0.6) is 0 Å². The second-order valence-corrected chi connectivity index (χ2v) is 2.33. The van der Waals surface area contributed by atoms with Gasteiger partial charge in [-0.05, 0) is 12.5 Å². The van der Waals surface area contributed by atoms with Gasteiger partial charge in [-0.1, -0.05) is 11.6 Å². The summed E-state index contributed by atoms with van der Waals surface area (Å²) in [5.41, 5.74) is 0.851. The van der Waals surface area contributed by atoms with Gasteiger partial charge in [-0.3, -0.25) is 4.79 Å². The van der Waals surface area contributed by atoms with E-state index in [1.807, 2.05) is 0 Å². The van der Waals surface area contributed by atoms with Gasteiger partial charge in [0.2, 0.25) is 0 Å². The monoisotopic (exact) mass is 143 g/mol. The number of hydrogen-bond donors (Lipinski definition) is 0. The summed E-state index contributed by atoms with van der Waals surface area (Å²) in [5.74, 6) is 0.0249. The summed E-state index contributed by atoms with van der Waals surface area (Å²) >= 11 is 5.56. The van der Waals surface area contributed by atoms with Crippen molar-refractivity contribution in [3.8, 4) is 0 Å². The van der Waals surface area contributed by atoms with Crippen molar-refractivity contribution in [1.29, 1.82) is 0 Å². The van der Waals surface area contributed by atoms with Crippen molar-refractivity contribution in [2.45, 2.75) is 13.3 Å². The minimum atomic E-state index is 0.0249. The molecule has 1 aliphatic rings. The van der Waals surface area contributed by atoms with Crippen LogP contribution in [-0.2, 0) is 4.79 Å². The average Bonchev–Trinajstić information content (AvgIpc) is 1.80. The average molecular weight is 144 g/mol. The third-order valence-corrected chi connectivity index (χ3v) is 1.53. The quantitative estimate of drug-likeness (QED) is 0.473. The first-order valence-electron chi connectivity index (χ1n) is 2.62. The van der Waals surface area contributed by atoms with Crippen LogP contribution in [0.1, 0.15) is 13.3 Å². The van der Waals surface area contributed by atoms with E-state index >= 15 is 0 Å². The van der Waals surface area contributed by atoms with Gasteiger partial charge in [-0.25, -0.2) is 4.99 Å². The van der Waals surface area contributed by atoms with Crippen molar-refractivity contribution in [1.82, 2.24) is 0 Å². The maximum atomic E-state index is 10.6. The van der Waals surface area contributed by atoms with Crippen LogP contribution in [0.4, 0.5) is 0 Å². The van der Waals surface area contributed by atoms with Crippen molar-refractivity contribution in [3.63, 3.8) is 0 Å². The van der Waals surface area contributed by atoms with Gasteiger partial charge >= 0.3 is 0 Å². The van der Waals surface area contributed by atoms with Gasteiger partial charge < -0.3 is 0 Å². The van der Waals surface area contributed by atoms with Gasteiger partial charge in [-0.15, -0.1) is 0 Å². The van der Waals surface area contributed by atoms with Crippen LogP contribution in [0.25, 0.3) is 0 Å². The van der Waals surface area contributed by atoms with Crippen molar-refractivity contribution in [3.05, 3.63) is 10.7 Å². The molecule has 0 N–H and O–H groups in total. The molecule has 0 aromatic carbocycles. The van der Waals surface area contributed by atoms with Crippen LogP contribution in [0.15, 0.2) is 15.7 Å². The standard InChI is InChI=1S/C6H6ClNO/c1-4-2-5(9)3-8-6(4)7/h3H,2H2,1H3. The molecule has 0 unspecified atom stereocenters. The molecule has 9 heavy (non-hydrogen) atoms. The number of aliphatic imine (C=N–C) groups is 1. The van der Waals surface area contributed by atoms with E-state index in [0.717, 1.165) is 5.57 Å². The number of ketones is 1. The van der Waals surface area contributed by atoms with Crippen molar-refractivity contribution < 1.29 is 4.79 Å². The molecule has 0 radical (unpaired) electrons. The summed E-state index contributed by atoms with van der Waals surface area (Å²) in [5, 5.41) is 0.453. The molecule has 0 atom stereocenters. The molecule has 2 nitrogen and oxygen atoms in total. The first kappa shape index (κ1) is 6.49. The minimum absolute atomic E-state index is 0.0249. The van der Waals surface area contributed by atoms with Crippen LogP contribution in [0.2, 0.25) is 0 Å². The van der Waals surface area contributed by atoms with E-state index in [4.69, 9.17) is 11.6 Å². The number of allylic oxidation sites excluding steroid dienone is 1. The second-order valence-electron chi connectivity index (χ2n) is 1.97. The zero-order chi connectivity index (χ0) is 6.85. The van der Waals surface area contributed by atoms with Gasteiger partial charge in [0.05, 0.1) is 6.21 Å². The Bertz CT molecular complexity index is 205. The van der Waals surface area contributed by atoms with E-state index in [2.05, 4.69) is 4.99 Å². The van der Waals surface area contributed by atoms with E-state index in [9.17, 15) is 4.79 Å². The molecule has 0 aliphatic carbocycles. The smallest absolute Gasteiger partial charge is 0.178 e. The molecular weight excluding hydrogens is 138 g/mol. The summed E-state index contributed by atoms with van der Waals surface area (Å²) in [6.45, 7) is 1.80. The van der Waals surface area contributed by atoms with Crippen LogP contribution >= 0.6 is 11.6 Å². The Morgan fingerprint density at radius 2 is 2.44 bits per heavy atom. The molecule has 48 valence electrons. The second kappa shape index (κ2) is 2.31. The lowest BCUT2D eigenvalue weighted by Gasteiger charge is -2.02. The third-order valence-electron chi connectivity index (χ3n) is 1.11. The first-order chi connectivity index (χ1) is 4.20. The van der Waals surface area contributed by atoms with E-state index in [1.165, 1.54) is 6.21 Å². The van der Waals surface area contributed by atoms with Gasteiger partial charge in [0.25, 0.3) is 0 Å². The van der Waals surface area contributed by atoms with E-state index in [-0.39, 0.29) is 5.78 Å². The Morgan fingerprint density at radius 1 is 1.78 bits per heavy atom. The van der Waals surface area contributed by atoms with Crippen molar-refractivity contribution >= 4 is 23.6 Å². The maximum absolute atomic E-state index is 10.6. The molecule has 0 saturated carbocycles. The Kier molecular flexibility index (Phi) is 1.67. The lowest BCUT2D eigenvalue weighted by molar-refractivity contribution is -0.112. The highest BCUT2D eigenvalue weighted by Gasteiger charge is 2.08. The first-order valence-corrected chi connectivity index (χ1v) is 3.00. The fraction of sp³-hybridized carbons (Fsp3) is 0.333. The molecule has 0 bridgehead atoms. The molecule has 3 heteroatoms. The van der Waals surface area contributed by atoms with E-state index in [0.29, 0.717) is 11.6 Å². The van der Waals surface area contributed by atoms with Gasteiger partial charge in [0, 0.05) is 6.42 Å². The zero-order valence-corrected chi connectivity index (χ0v) is 5.77. The SMILES string of the molecule is CC1=C(Cl)N=CC(=O)C1. The third kappa shape index (κ3) is 1.39. The molecule has 0 amide bonds. The van der Waals surface area contributed by atoms with Crippen LogP contribution in [0.3, 0.4) is 0 Å². The Morgan fingerprint density at radius 3 is 2.89 bits per heavy atom. The zero-order valence-electron chi connectivity index (χ0n) is 5.02. The highest BCUT2D eigenvalue weighted by atomic mass is 35.5. The summed E-state index contributed by atoms with van der Waals surface area (Å²) in [7, 11) is 0. The Labute approximate surface area is 58.2 Å². The topological polar surface area (TPSA) is 29.4 Å². The van der Waals surface area contributed by atoms with Gasteiger partial charge in [-0.2, -0.15) is 0 Å². The Hall–Kier alpha value is -0.630. The number of carbonyl (C=O) groups is 1. The Balaban J connectivity index is 2.87. The number of nitrogens with zero attached hydrogens (tertiary/aromatic N) is 1. The molecule has 0 aromatic heterocycles. The molecule has 1 aliphatic heterocycles. The number of rotatable bonds is 0. The van der Waals surface area contributed by atoms with Gasteiger partial charge in [0.15, 0.2) is 5.78 Å². The largest absolute Gasteiger partial charge is 0.293 e. The number of carbonyl (C=O) groups excluding carboxylic acids is 1. The molecule has 0 saturated heterocycles. The highest BCUT2D eigenvalue weighted by molar-refractivity contribution is 6.35. The lowest BCUT2D eigenvalue weighted by Crippen LogP contribution is -2.04. The molecule has 0 aromatic rings. The lowest BCUT2D eigenvalue weighted by atomic mass is 10.1. The number of hydrogen-bond acceptors (Lipinski definition) is 2. The fourth-order valence-corrected chi connectivity index (χ4v) is 0.734. The number of Topliss-reactive ketones (excluding diaryl/α,β-unsaturated/α-hetero) is 1. The highest BCUT2D eigenvalue weighted by Crippen LogP contribution is 2.16. The van der Waals surface area contributed by atoms with Gasteiger partial charge in [0.1, 0.15) is 5.16 Å². The van der Waals surface area contributed by atoms with Crippen LogP contribution in [0, 0.1) is 0 Å². The molecule has 0 fully saturated rings. The predicted molar refractivity (Wildman–Crippen MR) is 36.7 cm³/mol. The summed E-state index contributed by atoms with van der Waals surface area (Å²) < 4.78 is 0. The summed E-state index contributed by atoms with van der Waals surface area (Å²) in [4.78, 5) is 14.2. The number of halogens is 1. The minimum Gasteiger partial charge on any atom is -0.293 e. The molecule has 0 spiro atoms. The maximum Gasteiger partial charge on any atom is 0.178 e. The van der Waals surface area contributed by atoms with Crippen molar-refractivity contribution in [2.24, 2.45) is 4.99 Å². The van der Waals surface area contributed by atoms with E-state index in [1.54, 1.807) is 6.92 Å².